The second-order valence-electron chi connectivity index (χ2n) is 5.32. The Kier molecular flexibility index (Phi) is 7.05. The molecule has 1 aromatic rings. The molecule has 5 nitrogen and oxygen atoms in total. The number of hydrogen-bond acceptors (Lipinski definition) is 3. The van der Waals surface area contributed by atoms with E-state index in [1.807, 2.05) is 36.1 Å². The summed E-state index contributed by atoms with van der Waals surface area (Å²) in [6, 6.07) is 7.63. The Labute approximate surface area is 146 Å². The van der Waals surface area contributed by atoms with Gasteiger partial charge in [-0.1, -0.05) is 23.7 Å². The van der Waals surface area contributed by atoms with E-state index in [4.69, 9.17) is 11.6 Å². The number of urea groups is 1. The number of thioether (sulfide) groups is 1. The smallest absolute Gasteiger partial charge is 0.317 e. The van der Waals surface area contributed by atoms with Crippen molar-refractivity contribution >= 4 is 35.3 Å². The molecule has 0 aliphatic carbocycles. The van der Waals surface area contributed by atoms with Gasteiger partial charge >= 0.3 is 6.03 Å². The standard InChI is InChI=1S/C16H22ClN3O2S/c1-2-18-16(22)20-9-7-19(8-10-20)15(21)12-23-11-13-3-5-14(17)6-4-13/h3-6H,2,7-12H2,1H3,(H,18,22). The first-order valence-corrected chi connectivity index (χ1v) is 9.26. The molecule has 1 heterocycles. The highest BCUT2D eigenvalue weighted by atomic mass is 35.5. The van der Waals surface area contributed by atoms with E-state index in [-0.39, 0.29) is 11.9 Å². The number of carbonyl (C=O) groups excluding carboxylic acids is 2. The van der Waals surface area contributed by atoms with Crippen molar-refractivity contribution in [1.29, 1.82) is 0 Å². The fraction of sp³-hybridized carbons (Fsp3) is 0.500. The van der Waals surface area contributed by atoms with E-state index >= 15 is 0 Å². The van der Waals surface area contributed by atoms with Crippen LogP contribution in [0.2, 0.25) is 5.02 Å². The maximum atomic E-state index is 12.2. The molecule has 1 aromatic carbocycles. The average molecular weight is 356 g/mol. The number of piperazine rings is 1. The molecule has 1 saturated heterocycles. The number of rotatable bonds is 5. The second-order valence-corrected chi connectivity index (χ2v) is 6.74. The summed E-state index contributed by atoms with van der Waals surface area (Å²) < 4.78 is 0. The zero-order valence-corrected chi connectivity index (χ0v) is 14.8. The van der Waals surface area contributed by atoms with Gasteiger partial charge in [0.25, 0.3) is 0 Å². The van der Waals surface area contributed by atoms with Gasteiger partial charge in [-0.3, -0.25) is 4.79 Å². The lowest BCUT2D eigenvalue weighted by Crippen LogP contribution is -2.53. The van der Waals surface area contributed by atoms with E-state index in [0.29, 0.717) is 38.5 Å². The maximum Gasteiger partial charge on any atom is 0.317 e. The number of amides is 3. The minimum absolute atomic E-state index is 0.0447. The lowest BCUT2D eigenvalue weighted by atomic mass is 10.2. The SMILES string of the molecule is CCNC(=O)N1CCN(C(=O)CSCc2ccc(Cl)cc2)CC1. The maximum absolute atomic E-state index is 12.2. The summed E-state index contributed by atoms with van der Waals surface area (Å²) in [4.78, 5) is 27.5. The minimum Gasteiger partial charge on any atom is -0.338 e. The number of carbonyl (C=O) groups is 2. The van der Waals surface area contributed by atoms with Gasteiger partial charge in [-0.05, 0) is 24.6 Å². The van der Waals surface area contributed by atoms with Crippen LogP contribution in [0.5, 0.6) is 0 Å². The van der Waals surface area contributed by atoms with E-state index < -0.39 is 0 Å². The van der Waals surface area contributed by atoms with Gasteiger partial charge in [-0.25, -0.2) is 4.79 Å². The van der Waals surface area contributed by atoms with E-state index in [9.17, 15) is 9.59 Å². The van der Waals surface area contributed by atoms with Crippen LogP contribution in [0, 0.1) is 0 Å². The fourth-order valence-electron chi connectivity index (χ4n) is 2.35. The quantitative estimate of drug-likeness (QED) is 0.882. The first-order valence-electron chi connectivity index (χ1n) is 7.73. The van der Waals surface area contributed by atoms with Crippen molar-refractivity contribution in [2.24, 2.45) is 0 Å². The largest absolute Gasteiger partial charge is 0.338 e. The summed E-state index contributed by atoms with van der Waals surface area (Å²) in [7, 11) is 0. The van der Waals surface area contributed by atoms with Crippen LogP contribution in [0.15, 0.2) is 24.3 Å². The van der Waals surface area contributed by atoms with Crippen molar-refractivity contribution in [3.8, 4) is 0 Å². The second kappa shape index (κ2) is 9.03. The van der Waals surface area contributed by atoms with E-state index in [1.165, 1.54) is 0 Å². The molecule has 0 atom stereocenters. The van der Waals surface area contributed by atoms with E-state index in [1.54, 1.807) is 16.7 Å². The Bertz CT molecular complexity index is 531. The highest BCUT2D eigenvalue weighted by molar-refractivity contribution is 7.99. The van der Waals surface area contributed by atoms with E-state index in [0.717, 1.165) is 16.3 Å². The number of hydrogen-bond donors (Lipinski definition) is 1. The Morgan fingerprint density at radius 1 is 1.13 bits per heavy atom. The van der Waals surface area contributed by atoms with E-state index in [2.05, 4.69) is 5.32 Å². The molecule has 23 heavy (non-hydrogen) atoms. The molecule has 2 rings (SSSR count). The van der Waals surface area contributed by atoms with Gasteiger partial charge in [-0.15, -0.1) is 11.8 Å². The Morgan fingerprint density at radius 2 is 1.74 bits per heavy atom. The van der Waals surface area contributed by atoms with Crippen molar-refractivity contribution in [2.45, 2.75) is 12.7 Å². The summed E-state index contributed by atoms with van der Waals surface area (Å²) in [6.07, 6.45) is 0. The molecule has 0 bridgehead atoms. The predicted molar refractivity (Wildman–Crippen MR) is 94.8 cm³/mol. The van der Waals surface area contributed by atoms with Gasteiger partial charge in [0, 0.05) is 43.5 Å². The number of nitrogens with zero attached hydrogens (tertiary/aromatic N) is 2. The van der Waals surface area contributed by atoms with Crippen LogP contribution in [0.3, 0.4) is 0 Å². The van der Waals surface area contributed by atoms with Crippen molar-refractivity contribution in [1.82, 2.24) is 15.1 Å². The third-order valence-corrected chi connectivity index (χ3v) is 4.90. The lowest BCUT2D eigenvalue weighted by molar-refractivity contribution is -0.129. The van der Waals surface area contributed by atoms with Gasteiger partial charge in [0.15, 0.2) is 0 Å². The van der Waals surface area contributed by atoms with Crippen LogP contribution in [0.1, 0.15) is 12.5 Å². The zero-order valence-electron chi connectivity index (χ0n) is 13.3. The topological polar surface area (TPSA) is 52.7 Å². The molecule has 126 valence electrons. The van der Waals surface area contributed by atoms with Crippen molar-refractivity contribution in [2.75, 3.05) is 38.5 Å². The Hall–Kier alpha value is -1.40. The molecule has 0 radical (unpaired) electrons. The van der Waals surface area contributed by atoms with Crippen LogP contribution >= 0.6 is 23.4 Å². The van der Waals surface area contributed by atoms with Crippen LogP contribution in [0.25, 0.3) is 0 Å². The molecule has 7 heteroatoms. The number of nitrogens with one attached hydrogen (secondary N) is 1. The average Bonchev–Trinajstić information content (AvgIpc) is 2.57. The summed E-state index contributed by atoms with van der Waals surface area (Å²) in [5.74, 6) is 1.39. The molecular weight excluding hydrogens is 334 g/mol. The van der Waals surface area contributed by atoms with Crippen LogP contribution in [-0.4, -0.2) is 60.2 Å². The van der Waals surface area contributed by atoms with Gasteiger partial charge in [-0.2, -0.15) is 0 Å². The highest BCUT2D eigenvalue weighted by Gasteiger charge is 2.23. The Morgan fingerprint density at radius 3 is 2.35 bits per heavy atom. The summed E-state index contributed by atoms with van der Waals surface area (Å²) >= 11 is 7.45. The zero-order chi connectivity index (χ0) is 16.7. The molecule has 3 amide bonds. The first kappa shape index (κ1) is 17.9. The van der Waals surface area contributed by atoms with Crippen LogP contribution < -0.4 is 5.32 Å². The van der Waals surface area contributed by atoms with Gasteiger partial charge in [0.05, 0.1) is 5.75 Å². The lowest BCUT2D eigenvalue weighted by Gasteiger charge is -2.34. The molecule has 1 aliphatic heterocycles. The molecule has 1 fully saturated rings. The monoisotopic (exact) mass is 355 g/mol. The minimum atomic E-state index is -0.0447. The van der Waals surface area contributed by atoms with Crippen molar-refractivity contribution in [3.63, 3.8) is 0 Å². The molecular formula is C16H22ClN3O2S. The summed E-state index contributed by atoms with van der Waals surface area (Å²) in [5.41, 5.74) is 1.16. The molecule has 0 unspecified atom stereocenters. The summed E-state index contributed by atoms with van der Waals surface area (Å²) in [6.45, 7) is 4.93. The van der Waals surface area contributed by atoms with Gasteiger partial charge < -0.3 is 15.1 Å². The molecule has 0 aromatic heterocycles. The fourth-order valence-corrected chi connectivity index (χ4v) is 3.36. The van der Waals surface area contributed by atoms with Crippen LogP contribution in [-0.2, 0) is 10.5 Å². The molecule has 1 aliphatic rings. The normalized spacial score (nSPS) is 14.7. The number of halogens is 1. The molecule has 0 saturated carbocycles. The van der Waals surface area contributed by atoms with Crippen LogP contribution in [0.4, 0.5) is 4.79 Å². The first-order chi connectivity index (χ1) is 11.1. The third kappa shape index (κ3) is 5.62. The highest BCUT2D eigenvalue weighted by Crippen LogP contribution is 2.16. The Balaban J connectivity index is 1.68. The predicted octanol–water partition coefficient (Wildman–Crippen LogP) is 2.45. The van der Waals surface area contributed by atoms with Gasteiger partial charge in [0.2, 0.25) is 5.91 Å². The number of benzene rings is 1. The van der Waals surface area contributed by atoms with Gasteiger partial charge in [0.1, 0.15) is 0 Å². The molecule has 0 spiro atoms. The summed E-state index contributed by atoms with van der Waals surface area (Å²) in [5, 5.41) is 3.51. The molecule has 1 N–H and O–H groups in total. The van der Waals surface area contributed by atoms with Crippen molar-refractivity contribution < 1.29 is 9.59 Å². The van der Waals surface area contributed by atoms with Crippen molar-refractivity contribution in [3.05, 3.63) is 34.9 Å². The third-order valence-electron chi connectivity index (χ3n) is 3.66.